The third-order valence-corrected chi connectivity index (χ3v) is 7.05. The molecular formula is C18H27FN4O3S. The van der Waals surface area contributed by atoms with E-state index in [-0.39, 0.29) is 23.4 Å². The first-order chi connectivity index (χ1) is 12.9. The van der Waals surface area contributed by atoms with Crippen molar-refractivity contribution in [1.82, 2.24) is 20.1 Å². The Hall–Kier alpha value is -1.55. The SMILES string of the molecule is CCCC1CC(C(=O)N2CCCN(S(=O)(=O)c3ccc(F)cc3)CC2)NN1. The highest BCUT2D eigenvalue weighted by Gasteiger charge is 2.34. The Morgan fingerprint density at radius 3 is 2.59 bits per heavy atom. The van der Waals surface area contributed by atoms with Crippen molar-refractivity contribution < 1.29 is 17.6 Å². The smallest absolute Gasteiger partial charge is 0.243 e. The zero-order valence-corrected chi connectivity index (χ0v) is 16.3. The lowest BCUT2D eigenvalue weighted by Gasteiger charge is -2.24. The molecule has 27 heavy (non-hydrogen) atoms. The van der Waals surface area contributed by atoms with E-state index in [0.717, 1.165) is 31.4 Å². The summed E-state index contributed by atoms with van der Waals surface area (Å²) in [6, 6.07) is 4.88. The third-order valence-electron chi connectivity index (χ3n) is 5.14. The van der Waals surface area contributed by atoms with Crippen molar-refractivity contribution in [2.24, 2.45) is 0 Å². The van der Waals surface area contributed by atoms with Gasteiger partial charge in [-0.05, 0) is 43.5 Å². The molecule has 0 aromatic heterocycles. The van der Waals surface area contributed by atoms with E-state index >= 15 is 0 Å². The molecule has 2 heterocycles. The fourth-order valence-electron chi connectivity index (χ4n) is 3.65. The number of halogens is 1. The van der Waals surface area contributed by atoms with Gasteiger partial charge < -0.3 is 4.90 Å². The number of rotatable bonds is 5. The Balaban J connectivity index is 1.62. The van der Waals surface area contributed by atoms with Crippen molar-refractivity contribution in [3.63, 3.8) is 0 Å². The van der Waals surface area contributed by atoms with Gasteiger partial charge in [0.2, 0.25) is 15.9 Å². The molecule has 2 N–H and O–H groups in total. The zero-order chi connectivity index (χ0) is 19.4. The van der Waals surface area contributed by atoms with E-state index in [1.54, 1.807) is 4.90 Å². The van der Waals surface area contributed by atoms with Crippen LogP contribution in [0.3, 0.4) is 0 Å². The van der Waals surface area contributed by atoms with Crippen LogP contribution in [0.2, 0.25) is 0 Å². The van der Waals surface area contributed by atoms with Crippen LogP contribution in [0.5, 0.6) is 0 Å². The maximum atomic E-state index is 13.1. The van der Waals surface area contributed by atoms with Crippen molar-refractivity contribution in [1.29, 1.82) is 0 Å². The van der Waals surface area contributed by atoms with Gasteiger partial charge in [0.1, 0.15) is 11.9 Å². The monoisotopic (exact) mass is 398 g/mol. The molecule has 9 heteroatoms. The average Bonchev–Trinajstić information content (AvgIpc) is 2.96. The molecule has 1 aromatic rings. The van der Waals surface area contributed by atoms with Gasteiger partial charge in [0.15, 0.2) is 0 Å². The summed E-state index contributed by atoms with van der Waals surface area (Å²) < 4.78 is 40.0. The molecule has 2 aliphatic rings. The van der Waals surface area contributed by atoms with E-state index < -0.39 is 15.8 Å². The van der Waals surface area contributed by atoms with E-state index in [2.05, 4.69) is 17.8 Å². The second kappa shape index (κ2) is 8.64. The molecule has 0 bridgehead atoms. The Bertz CT molecular complexity index is 756. The molecular weight excluding hydrogens is 371 g/mol. The van der Waals surface area contributed by atoms with E-state index in [9.17, 15) is 17.6 Å². The van der Waals surface area contributed by atoms with Crippen LogP contribution in [0.25, 0.3) is 0 Å². The molecule has 2 unspecified atom stereocenters. The van der Waals surface area contributed by atoms with Crippen LogP contribution in [0.4, 0.5) is 4.39 Å². The van der Waals surface area contributed by atoms with Crippen molar-refractivity contribution >= 4 is 15.9 Å². The van der Waals surface area contributed by atoms with Crippen LogP contribution >= 0.6 is 0 Å². The number of amides is 1. The standard InChI is InChI=1S/C18H27FN4O3S/c1-2-4-15-13-17(21-20-15)18(24)22-9-3-10-23(12-11-22)27(25,26)16-7-5-14(19)6-8-16/h5-8,15,17,20-21H,2-4,9-13H2,1H3. The second-order valence-corrected chi connectivity index (χ2v) is 9.04. The van der Waals surface area contributed by atoms with Gasteiger partial charge in [-0.1, -0.05) is 13.3 Å². The number of nitrogens with zero attached hydrogens (tertiary/aromatic N) is 2. The summed E-state index contributed by atoms with van der Waals surface area (Å²) in [6.45, 7) is 3.59. The van der Waals surface area contributed by atoms with Crippen LogP contribution in [0.1, 0.15) is 32.6 Å². The van der Waals surface area contributed by atoms with Gasteiger partial charge in [0.05, 0.1) is 4.90 Å². The summed E-state index contributed by atoms with van der Waals surface area (Å²) in [5.41, 5.74) is 6.24. The van der Waals surface area contributed by atoms with Gasteiger partial charge in [-0.3, -0.25) is 10.2 Å². The number of sulfonamides is 1. The van der Waals surface area contributed by atoms with Gasteiger partial charge in [-0.25, -0.2) is 18.2 Å². The molecule has 0 spiro atoms. The number of hydrogen-bond acceptors (Lipinski definition) is 5. The summed E-state index contributed by atoms with van der Waals surface area (Å²) in [4.78, 5) is 14.6. The fourth-order valence-corrected chi connectivity index (χ4v) is 5.12. The van der Waals surface area contributed by atoms with Crippen LogP contribution in [-0.2, 0) is 14.8 Å². The highest BCUT2D eigenvalue weighted by molar-refractivity contribution is 7.89. The maximum Gasteiger partial charge on any atom is 0.243 e. The highest BCUT2D eigenvalue weighted by Crippen LogP contribution is 2.19. The summed E-state index contributed by atoms with van der Waals surface area (Å²) in [5, 5.41) is 0. The number of hydrazine groups is 1. The second-order valence-electron chi connectivity index (χ2n) is 7.10. The van der Waals surface area contributed by atoms with Crippen molar-refractivity contribution in [3.05, 3.63) is 30.1 Å². The van der Waals surface area contributed by atoms with E-state index in [1.807, 2.05) is 0 Å². The Morgan fingerprint density at radius 1 is 1.15 bits per heavy atom. The first-order valence-electron chi connectivity index (χ1n) is 9.47. The molecule has 1 amide bonds. The van der Waals surface area contributed by atoms with Crippen LogP contribution in [0.15, 0.2) is 29.2 Å². The average molecular weight is 399 g/mol. The summed E-state index contributed by atoms with van der Waals surface area (Å²) in [5.74, 6) is -0.456. The van der Waals surface area contributed by atoms with E-state index in [0.29, 0.717) is 32.1 Å². The van der Waals surface area contributed by atoms with Gasteiger partial charge in [-0.2, -0.15) is 4.31 Å². The van der Waals surface area contributed by atoms with E-state index in [1.165, 1.54) is 16.4 Å². The molecule has 2 saturated heterocycles. The van der Waals surface area contributed by atoms with Gasteiger partial charge in [-0.15, -0.1) is 0 Å². The lowest BCUT2D eigenvalue weighted by atomic mass is 10.1. The van der Waals surface area contributed by atoms with Gasteiger partial charge in [0, 0.05) is 32.2 Å². The Kier molecular flexibility index (Phi) is 6.46. The van der Waals surface area contributed by atoms with Gasteiger partial charge >= 0.3 is 0 Å². The highest BCUT2D eigenvalue weighted by atomic mass is 32.2. The topological polar surface area (TPSA) is 81.8 Å². The van der Waals surface area contributed by atoms with Crippen molar-refractivity contribution in [3.8, 4) is 0 Å². The predicted molar refractivity (Wildman–Crippen MR) is 99.7 cm³/mol. The molecule has 7 nitrogen and oxygen atoms in total. The third kappa shape index (κ3) is 4.66. The number of carbonyl (C=O) groups excluding carboxylic acids is 1. The fraction of sp³-hybridized carbons (Fsp3) is 0.611. The first-order valence-corrected chi connectivity index (χ1v) is 10.9. The zero-order valence-electron chi connectivity index (χ0n) is 15.5. The Morgan fingerprint density at radius 2 is 1.89 bits per heavy atom. The largest absolute Gasteiger partial charge is 0.340 e. The molecule has 0 radical (unpaired) electrons. The number of carbonyl (C=O) groups is 1. The Labute approximate surface area is 159 Å². The maximum absolute atomic E-state index is 13.1. The molecule has 3 rings (SSSR count). The van der Waals surface area contributed by atoms with Crippen molar-refractivity contribution in [2.75, 3.05) is 26.2 Å². The molecule has 1 aromatic carbocycles. The molecule has 0 saturated carbocycles. The molecule has 2 aliphatic heterocycles. The summed E-state index contributed by atoms with van der Waals surface area (Å²) in [6.07, 6.45) is 3.39. The molecule has 0 aliphatic carbocycles. The predicted octanol–water partition coefficient (Wildman–Crippen LogP) is 1.08. The van der Waals surface area contributed by atoms with Crippen LogP contribution in [-0.4, -0.2) is 61.8 Å². The lowest BCUT2D eigenvalue weighted by Crippen LogP contribution is -2.47. The number of nitrogens with one attached hydrogen (secondary N) is 2. The minimum absolute atomic E-state index is 0.0159. The molecule has 2 atom stereocenters. The van der Waals surface area contributed by atoms with Gasteiger partial charge in [0.25, 0.3) is 0 Å². The summed E-state index contributed by atoms with van der Waals surface area (Å²) >= 11 is 0. The minimum atomic E-state index is -3.69. The molecule has 2 fully saturated rings. The molecule has 150 valence electrons. The minimum Gasteiger partial charge on any atom is -0.340 e. The first kappa shape index (κ1) is 20.2. The lowest BCUT2D eigenvalue weighted by molar-refractivity contribution is -0.133. The normalized spacial score (nSPS) is 24.7. The van der Waals surface area contributed by atoms with Crippen molar-refractivity contribution in [2.45, 2.75) is 49.6 Å². The van der Waals surface area contributed by atoms with Crippen LogP contribution < -0.4 is 10.9 Å². The quantitative estimate of drug-likeness (QED) is 0.776. The number of benzene rings is 1. The van der Waals surface area contributed by atoms with E-state index in [4.69, 9.17) is 0 Å². The summed E-state index contributed by atoms with van der Waals surface area (Å²) in [7, 11) is -3.69. The number of hydrogen-bond donors (Lipinski definition) is 2. The van der Waals surface area contributed by atoms with Crippen LogP contribution in [0, 0.1) is 5.82 Å².